The summed E-state index contributed by atoms with van der Waals surface area (Å²) in [5.74, 6) is 0.286. The van der Waals surface area contributed by atoms with Crippen LogP contribution in [0.3, 0.4) is 0 Å². The molecule has 0 saturated heterocycles. The topological polar surface area (TPSA) is 68.0 Å². The minimum atomic E-state index is -0.211. The number of anilines is 1. The number of pyridine rings is 1. The molecule has 2 aromatic carbocycles. The van der Waals surface area contributed by atoms with Crippen LogP contribution in [0.25, 0.3) is 28.8 Å². The highest BCUT2D eigenvalue weighted by molar-refractivity contribution is 6.30. The van der Waals surface area contributed by atoms with Gasteiger partial charge < -0.3 is 9.73 Å². The van der Waals surface area contributed by atoms with Gasteiger partial charge in [0, 0.05) is 28.5 Å². The molecular weight excluding hydrogens is 374 g/mol. The van der Waals surface area contributed by atoms with Crippen LogP contribution in [0.15, 0.2) is 71.3 Å². The van der Waals surface area contributed by atoms with Crippen molar-refractivity contribution >= 4 is 40.5 Å². The van der Waals surface area contributed by atoms with Gasteiger partial charge in [0.2, 0.25) is 11.8 Å². The zero-order valence-electron chi connectivity index (χ0n) is 15.0. The highest BCUT2D eigenvalue weighted by Crippen LogP contribution is 2.26. The number of aryl methyl sites for hydroxylation is 1. The normalized spacial score (nSPS) is 11.2. The van der Waals surface area contributed by atoms with Crippen LogP contribution in [0.2, 0.25) is 5.02 Å². The van der Waals surface area contributed by atoms with Crippen LogP contribution < -0.4 is 5.32 Å². The second kappa shape index (κ2) is 7.66. The van der Waals surface area contributed by atoms with Crippen molar-refractivity contribution in [2.24, 2.45) is 0 Å². The van der Waals surface area contributed by atoms with E-state index < -0.39 is 0 Å². The van der Waals surface area contributed by atoms with Gasteiger partial charge in [-0.25, -0.2) is 4.98 Å². The van der Waals surface area contributed by atoms with Gasteiger partial charge >= 0.3 is 0 Å². The molecule has 4 rings (SSSR count). The molecule has 0 radical (unpaired) electrons. The lowest BCUT2D eigenvalue weighted by molar-refractivity contribution is -0.111. The number of rotatable bonds is 4. The Morgan fingerprint density at radius 2 is 1.96 bits per heavy atom. The second-order valence-electron chi connectivity index (χ2n) is 6.25. The lowest BCUT2D eigenvalue weighted by Crippen LogP contribution is -2.08. The van der Waals surface area contributed by atoms with Gasteiger partial charge in [0.05, 0.1) is 0 Å². The first kappa shape index (κ1) is 17.9. The van der Waals surface area contributed by atoms with E-state index in [0.29, 0.717) is 22.1 Å². The third kappa shape index (κ3) is 3.94. The molecule has 0 fully saturated rings. The number of aromatic nitrogens is 2. The zero-order chi connectivity index (χ0) is 19.5. The first-order chi connectivity index (χ1) is 13.6. The largest absolute Gasteiger partial charge is 0.434 e. The minimum Gasteiger partial charge on any atom is -0.434 e. The molecule has 0 aliphatic heterocycles. The smallest absolute Gasteiger partial charge is 0.248 e. The van der Waals surface area contributed by atoms with Crippen molar-refractivity contribution < 1.29 is 9.21 Å². The van der Waals surface area contributed by atoms with E-state index in [2.05, 4.69) is 15.3 Å². The minimum absolute atomic E-state index is 0.211. The highest BCUT2D eigenvalue weighted by Gasteiger charge is 2.10. The number of fused-ring (bicyclic) bond motifs is 1. The molecule has 0 spiro atoms. The van der Waals surface area contributed by atoms with E-state index in [1.807, 2.05) is 43.3 Å². The number of nitrogens with zero attached hydrogens (tertiary/aromatic N) is 2. The molecule has 5 nitrogen and oxygen atoms in total. The van der Waals surface area contributed by atoms with Gasteiger partial charge in [0.15, 0.2) is 11.2 Å². The molecule has 0 bridgehead atoms. The fraction of sp³-hybridized carbons (Fsp3) is 0.0455. The molecule has 4 aromatic rings. The van der Waals surface area contributed by atoms with Crippen molar-refractivity contribution in [3.63, 3.8) is 0 Å². The number of hydrogen-bond donors (Lipinski definition) is 1. The summed E-state index contributed by atoms with van der Waals surface area (Å²) < 4.78 is 5.74. The van der Waals surface area contributed by atoms with Gasteiger partial charge in [-0.15, -0.1) is 0 Å². The number of benzene rings is 2. The van der Waals surface area contributed by atoms with Crippen LogP contribution in [0.1, 0.15) is 11.1 Å². The third-order valence-electron chi connectivity index (χ3n) is 4.19. The summed E-state index contributed by atoms with van der Waals surface area (Å²) >= 11 is 5.86. The molecular formula is C22H16ClN3O2. The molecule has 0 aliphatic rings. The second-order valence-corrected chi connectivity index (χ2v) is 6.68. The average molecular weight is 390 g/mol. The number of nitrogens with one attached hydrogen (secondary N) is 1. The standard InChI is InChI=1S/C22H16ClN3O2/c1-14-13-16(22-26-21-19(28-22)3-2-12-24-21)7-10-18(14)25-20(27)11-6-15-4-8-17(23)9-5-15/h2-13H,1H3,(H,25,27)/b11-6-. The van der Waals surface area contributed by atoms with Gasteiger partial charge in [0.25, 0.3) is 0 Å². The molecule has 0 saturated carbocycles. The Labute approximate surface area is 166 Å². The summed E-state index contributed by atoms with van der Waals surface area (Å²) in [5.41, 5.74) is 4.56. The maximum absolute atomic E-state index is 12.2. The highest BCUT2D eigenvalue weighted by atomic mass is 35.5. The maximum Gasteiger partial charge on any atom is 0.248 e. The number of amides is 1. The summed E-state index contributed by atoms with van der Waals surface area (Å²) in [7, 11) is 0. The van der Waals surface area contributed by atoms with Gasteiger partial charge in [-0.05, 0) is 66.6 Å². The van der Waals surface area contributed by atoms with E-state index in [9.17, 15) is 4.79 Å². The third-order valence-corrected chi connectivity index (χ3v) is 4.45. The van der Waals surface area contributed by atoms with Crippen molar-refractivity contribution in [2.75, 3.05) is 5.32 Å². The average Bonchev–Trinajstić information content (AvgIpc) is 3.13. The van der Waals surface area contributed by atoms with Crippen LogP contribution in [0, 0.1) is 6.92 Å². The van der Waals surface area contributed by atoms with E-state index >= 15 is 0 Å². The van der Waals surface area contributed by atoms with Crippen LogP contribution >= 0.6 is 11.6 Å². The zero-order valence-corrected chi connectivity index (χ0v) is 15.8. The van der Waals surface area contributed by atoms with E-state index in [-0.39, 0.29) is 5.91 Å². The Morgan fingerprint density at radius 1 is 1.14 bits per heavy atom. The van der Waals surface area contributed by atoms with E-state index in [1.165, 1.54) is 6.08 Å². The van der Waals surface area contributed by atoms with Crippen molar-refractivity contribution in [3.05, 3.63) is 83.0 Å². The Kier molecular flexibility index (Phi) is 4.91. The Balaban J connectivity index is 1.49. The predicted molar refractivity (Wildman–Crippen MR) is 111 cm³/mol. The molecule has 1 amide bonds. The summed E-state index contributed by atoms with van der Waals surface area (Å²) in [6.45, 7) is 1.92. The number of halogens is 1. The molecule has 28 heavy (non-hydrogen) atoms. The van der Waals surface area contributed by atoms with Crippen LogP contribution in [-0.4, -0.2) is 15.9 Å². The summed E-state index contributed by atoms with van der Waals surface area (Å²) in [6.07, 6.45) is 4.90. The van der Waals surface area contributed by atoms with Crippen LogP contribution in [-0.2, 0) is 4.79 Å². The Hall–Kier alpha value is -3.44. The van der Waals surface area contributed by atoms with Crippen molar-refractivity contribution in [1.29, 1.82) is 0 Å². The Bertz CT molecular complexity index is 1150. The Morgan fingerprint density at radius 3 is 2.71 bits per heavy atom. The quantitative estimate of drug-likeness (QED) is 0.468. The molecule has 6 heteroatoms. The molecule has 1 N–H and O–H groups in total. The van der Waals surface area contributed by atoms with Crippen molar-refractivity contribution in [1.82, 2.24) is 9.97 Å². The van der Waals surface area contributed by atoms with Crippen molar-refractivity contribution in [3.8, 4) is 11.5 Å². The summed E-state index contributed by atoms with van der Waals surface area (Å²) in [4.78, 5) is 20.8. The lowest BCUT2D eigenvalue weighted by atomic mass is 10.1. The SMILES string of the molecule is Cc1cc(-c2nc3ncccc3o2)ccc1NC(=O)/C=C\c1ccc(Cl)cc1. The molecule has 0 unspecified atom stereocenters. The number of hydrogen-bond acceptors (Lipinski definition) is 4. The lowest BCUT2D eigenvalue weighted by Gasteiger charge is -2.07. The van der Waals surface area contributed by atoms with Gasteiger partial charge in [-0.3, -0.25) is 4.79 Å². The molecule has 0 atom stereocenters. The molecule has 138 valence electrons. The van der Waals surface area contributed by atoms with Gasteiger partial charge in [-0.1, -0.05) is 23.7 Å². The first-order valence-electron chi connectivity index (χ1n) is 8.66. The maximum atomic E-state index is 12.2. The van der Waals surface area contributed by atoms with E-state index in [4.69, 9.17) is 16.0 Å². The fourth-order valence-corrected chi connectivity index (χ4v) is 2.88. The summed E-state index contributed by atoms with van der Waals surface area (Å²) in [6, 6.07) is 16.5. The summed E-state index contributed by atoms with van der Waals surface area (Å²) in [5, 5.41) is 3.54. The van der Waals surface area contributed by atoms with Gasteiger partial charge in [-0.2, -0.15) is 4.98 Å². The number of oxazole rings is 1. The molecule has 2 aromatic heterocycles. The number of carbonyl (C=O) groups excluding carboxylic acids is 1. The molecule has 2 heterocycles. The van der Waals surface area contributed by atoms with Crippen molar-refractivity contribution in [2.45, 2.75) is 6.92 Å². The van der Waals surface area contributed by atoms with E-state index in [1.54, 1.807) is 30.5 Å². The first-order valence-corrected chi connectivity index (χ1v) is 9.03. The van der Waals surface area contributed by atoms with E-state index in [0.717, 1.165) is 22.4 Å². The molecule has 0 aliphatic carbocycles. The van der Waals surface area contributed by atoms with Crippen LogP contribution in [0.5, 0.6) is 0 Å². The van der Waals surface area contributed by atoms with Gasteiger partial charge in [0.1, 0.15) is 0 Å². The van der Waals surface area contributed by atoms with Crippen LogP contribution in [0.4, 0.5) is 5.69 Å². The fourth-order valence-electron chi connectivity index (χ4n) is 2.75. The predicted octanol–water partition coefficient (Wildman–Crippen LogP) is 5.50. The number of carbonyl (C=O) groups is 1. The monoisotopic (exact) mass is 389 g/mol.